The molecule has 0 amide bonds. The molecule has 1 saturated carbocycles. The van der Waals surface area contributed by atoms with E-state index >= 15 is 0 Å². The molecule has 0 heterocycles. The molecule has 0 bridgehead atoms. The van der Waals surface area contributed by atoms with Gasteiger partial charge in [0.1, 0.15) is 0 Å². The van der Waals surface area contributed by atoms with E-state index in [0.717, 1.165) is 21.9 Å². The fourth-order valence-electron chi connectivity index (χ4n) is 2.19. The van der Waals surface area contributed by atoms with Crippen LogP contribution < -0.4 is 5.73 Å². The van der Waals surface area contributed by atoms with Crippen molar-refractivity contribution in [1.29, 1.82) is 0 Å². The Balaban J connectivity index is 1.90. The van der Waals surface area contributed by atoms with Gasteiger partial charge in [-0.1, -0.05) is 6.07 Å². The van der Waals surface area contributed by atoms with E-state index < -0.39 is 5.92 Å². The molecule has 1 nitrogen and oxygen atoms in total. The molecule has 4 heteroatoms. The molecule has 1 atom stereocenters. The number of hydrogen-bond acceptors (Lipinski definition) is 2. The smallest absolute Gasteiger partial charge is 0.248 e. The summed E-state index contributed by atoms with van der Waals surface area (Å²) in [7, 11) is 0. The maximum atomic E-state index is 13.0. The molecule has 1 aromatic carbocycles. The zero-order valence-corrected chi connectivity index (χ0v) is 10.7. The number of anilines is 1. The van der Waals surface area contributed by atoms with Crippen LogP contribution in [0.5, 0.6) is 0 Å². The van der Waals surface area contributed by atoms with E-state index in [1.165, 1.54) is 0 Å². The highest BCUT2D eigenvalue weighted by Crippen LogP contribution is 2.41. The average Bonchev–Trinajstić information content (AvgIpc) is 2.57. The third kappa shape index (κ3) is 3.35. The molecule has 1 aliphatic carbocycles. The topological polar surface area (TPSA) is 26.0 Å². The van der Waals surface area contributed by atoms with Crippen LogP contribution in [0.25, 0.3) is 0 Å². The standard InChI is InChI=1S/C13H17F2NS/c1-9-2-3-12(11(16)6-9)17-8-10-4-5-13(14,15)7-10/h2-3,6,10H,4-5,7-8,16H2,1H3. The van der Waals surface area contributed by atoms with Crippen LogP contribution in [0.3, 0.4) is 0 Å². The van der Waals surface area contributed by atoms with Crippen LogP contribution in [0.15, 0.2) is 23.1 Å². The zero-order chi connectivity index (χ0) is 12.5. The van der Waals surface area contributed by atoms with Crippen LogP contribution in [0, 0.1) is 12.8 Å². The summed E-state index contributed by atoms with van der Waals surface area (Å²) < 4.78 is 26.0. The van der Waals surface area contributed by atoms with E-state index in [-0.39, 0.29) is 18.8 Å². The predicted molar refractivity (Wildman–Crippen MR) is 68.6 cm³/mol. The van der Waals surface area contributed by atoms with E-state index in [9.17, 15) is 8.78 Å². The summed E-state index contributed by atoms with van der Waals surface area (Å²) in [6.45, 7) is 1.99. The summed E-state index contributed by atoms with van der Waals surface area (Å²) >= 11 is 1.60. The van der Waals surface area contributed by atoms with Crippen molar-refractivity contribution in [1.82, 2.24) is 0 Å². The molecule has 1 aliphatic rings. The summed E-state index contributed by atoms with van der Waals surface area (Å²) in [6.07, 6.45) is 0.707. The van der Waals surface area contributed by atoms with Gasteiger partial charge in [-0.25, -0.2) is 8.78 Å². The van der Waals surface area contributed by atoms with Gasteiger partial charge >= 0.3 is 0 Å². The summed E-state index contributed by atoms with van der Waals surface area (Å²) in [5.74, 6) is -1.58. The van der Waals surface area contributed by atoms with E-state index in [2.05, 4.69) is 0 Å². The van der Waals surface area contributed by atoms with Crippen molar-refractivity contribution in [2.45, 2.75) is 37.0 Å². The van der Waals surface area contributed by atoms with E-state index in [1.54, 1.807) is 11.8 Å². The van der Waals surface area contributed by atoms with Gasteiger partial charge < -0.3 is 5.73 Å². The van der Waals surface area contributed by atoms with Crippen molar-refractivity contribution >= 4 is 17.4 Å². The summed E-state index contributed by atoms with van der Waals surface area (Å²) in [6, 6.07) is 5.90. The van der Waals surface area contributed by atoms with Crippen molar-refractivity contribution < 1.29 is 8.78 Å². The Labute approximate surface area is 105 Å². The van der Waals surface area contributed by atoms with Gasteiger partial charge in [0.05, 0.1) is 0 Å². The van der Waals surface area contributed by atoms with Crippen LogP contribution in [0.2, 0.25) is 0 Å². The Hall–Kier alpha value is -0.770. The van der Waals surface area contributed by atoms with Gasteiger partial charge in [0, 0.05) is 29.2 Å². The minimum atomic E-state index is -2.44. The molecule has 1 fully saturated rings. The molecule has 0 aromatic heterocycles. The van der Waals surface area contributed by atoms with Crippen molar-refractivity contribution in [3.63, 3.8) is 0 Å². The fourth-order valence-corrected chi connectivity index (χ4v) is 3.28. The van der Waals surface area contributed by atoms with Gasteiger partial charge in [-0.05, 0) is 37.0 Å². The maximum Gasteiger partial charge on any atom is 0.248 e. The number of thioether (sulfide) groups is 1. The maximum absolute atomic E-state index is 13.0. The second kappa shape index (κ2) is 4.84. The first kappa shape index (κ1) is 12.7. The minimum Gasteiger partial charge on any atom is -0.398 e. The van der Waals surface area contributed by atoms with E-state index in [1.807, 2.05) is 25.1 Å². The highest BCUT2D eigenvalue weighted by atomic mass is 32.2. The lowest BCUT2D eigenvalue weighted by molar-refractivity contribution is 0.00596. The number of benzene rings is 1. The second-order valence-electron chi connectivity index (χ2n) is 4.82. The molecule has 1 unspecified atom stereocenters. The molecule has 2 rings (SSSR count). The third-order valence-electron chi connectivity index (χ3n) is 3.15. The molecule has 0 radical (unpaired) electrons. The summed E-state index contributed by atoms with van der Waals surface area (Å²) in [5.41, 5.74) is 7.76. The quantitative estimate of drug-likeness (QED) is 0.651. The van der Waals surface area contributed by atoms with Crippen LogP contribution in [-0.2, 0) is 0 Å². The summed E-state index contributed by atoms with van der Waals surface area (Å²) in [4.78, 5) is 1.01. The molecule has 17 heavy (non-hydrogen) atoms. The number of aryl methyl sites for hydroxylation is 1. The predicted octanol–water partition coefficient (Wildman–Crippen LogP) is 4.10. The van der Waals surface area contributed by atoms with Gasteiger partial charge in [0.2, 0.25) is 5.92 Å². The monoisotopic (exact) mass is 257 g/mol. The molecule has 1 aromatic rings. The van der Waals surface area contributed by atoms with Crippen molar-refractivity contribution in [3.05, 3.63) is 23.8 Å². The first-order chi connectivity index (χ1) is 7.96. The number of nitrogens with two attached hydrogens (primary N) is 1. The molecule has 94 valence electrons. The summed E-state index contributed by atoms with van der Waals surface area (Å²) in [5, 5.41) is 0. The molecule has 0 spiro atoms. The minimum absolute atomic E-state index is 0.0335. The Bertz CT molecular complexity index is 406. The first-order valence-corrected chi connectivity index (χ1v) is 6.81. The van der Waals surface area contributed by atoms with Gasteiger partial charge in [-0.15, -0.1) is 11.8 Å². The Morgan fingerprint density at radius 1 is 1.47 bits per heavy atom. The average molecular weight is 257 g/mol. The van der Waals surface area contributed by atoms with Crippen molar-refractivity contribution in [2.75, 3.05) is 11.5 Å². The van der Waals surface area contributed by atoms with Gasteiger partial charge in [-0.3, -0.25) is 0 Å². The largest absolute Gasteiger partial charge is 0.398 e. The molecular weight excluding hydrogens is 240 g/mol. The number of alkyl halides is 2. The van der Waals surface area contributed by atoms with Crippen LogP contribution >= 0.6 is 11.8 Å². The Kier molecular flexibility index (Phi) is 3.61. The number of nitrogen functional groups attached to an aromatic ring is 1. The number of hydrogen-bond donors (Lipinski definition) is 1. The highest BCUT2D eigenvalue weighted by molar-refractivity contribution is 7.99. The van der Waals surface area contributed by atoms with Crippen molar-refractivity contribution in [3.8, 4) is 0 Å². The normalized spacial score (nSPS) is 22.9. The third-order valence-corrected chi connectivity index (χ3v) is 4.47. The molecule has 2 N–H and O–H groups in total. The second-order valence-corrected chi connectivity index (χ2v) is 5.88. The fraction of sp³-hybridized carbons (Fsp3) is 0.538. The van der Waals surface area contributed by atoms with Crippen LogP contribution in [0.4, 0.5) is 14.5 Å². The van der Waals surface area contributed by atoms with Gasteiger partial charge in [-0.2, -0.15) is 0 Å². The zero-order valence-electron chi connectivity index (χ0n) is 9.88. The first-order valence-electron chi connectivity index (χ1n) is 5.83. The lowest BCUT2D eigenvalue weighted by atomic mass is 10.1. The molecule has 0 aliphatic heterocycles. The Morgan fingerprint density at radius 2 is 2.24 bits per heavy atom. The van der Waals surface area contributed by atoms with E-state index in [0.29, 0.717) is 6.42 Å². The van der Waals surface area contributed by atoms with Crippen LogP contribution in [-0.4, -0.2) is 11.7 Å². The lowest BCUT2D eigenvalue weighted by Crippen LogP contribution is -2.10. The molecule has 0 saturated heterocycles. The van der Waals surface area contributed by atoms with E-state index in [4.69, 9.17) is 5.73 Å². The van der Waals surface area contributed by atoms with Crippen LogP contribution in [0.1, 0.15) is 24.8 Å². The Morgan fingerprint density at radius 3 is 2.82 bits per heavy atom. The van der Waals surface area contributed by atoms with Gasteiger partial charge in [0.15, 0.2) is 0 Å². The number of halogens is 2. The SMILES string of the molecule is Cc1ccc(SCC2CCC(F)(F)C2)c(N)c1. The molecular formula is C13H17F2NS. The van der Waals surface area contributed by atoms with Gasteiger partial charge in [0.25, 0.3) is 0 Å². The lowest BCUT2D eigenvalue weighted by Gasteiger charge is -2.11. The number of rotatable bonds is 3. The van der Waals surface area contributed by atoms with Crippen molar-refractivity contribution in [2.24, 2.45) is 5.92 Å². The highest BCUT2D eigenvalue weighted by Gasteiger charge is 2.39.